The van der Waals surface area contributed by atoms with Gasteiger partial charge in [0, 0.05) is 19.8 Å². The molecule has 1 rings (SSSR count). The van der Waals surface area contributed by atoms with E-state index in [1.807, 2.05) is 18.2 Å². The van der Waals surface area contributed by atoms with Crippen LogP contribution in [0.15, 0.2) is 24.8 Å². The summed E-state index contributed by atoms with van der Waals surface area (Å²) in [7, 11) is 3.29. The van der Waals surface area contributed by atoms with Gasteiger partial charge in [-0.15, -0.1) is 0 Å². The van der Waals surface area contributed by atoms with E-state index in [1.54, 1.807) is 20.3 Å². The van der Waals surface area contributed by atoms with Gasteiger partial charge in [-0.2, -0.15) is 0 Å². The molecular formula is C22H36O8. The lowest BCUT2D eigenvalue weighted by Gasteiger charge is -2.12. The highest BCUT2D eigenvalue weighted by atomic mass is 16.6. The third-order valence-electron chi connectivity index (χ3n) is 3.79. The molecule has 0 saturated heterocycles. The second-order valence-electron chi connectivity index (χ2n) is 6.04. The number of benzene rings is 1. The Morgan fingerprint density at radius 3 is 1.60 bits per heavy atom. The minimum Gasteiger partial charge on any atom is -0.491 e. The molecule has 172 valence electrons. The molecule has 8 heteroatoms. The number of methoxy groups -OCH3 is 2. The van der Waals surface area contributed by atoms with Crippen LogP contribution in [0.25, 0.3) is 6.08 Å². The van der Waals surface area contributed by atoms with E-state index in [-0.39, 0.29) is 0 Å². The molecule has 0 aromatic heterocycles. The molecular weight excluding hydrogens is 392 g/mol. The van der Waals surface area contributed by atoms with Crippen LogP contribution in [0.2, 0.25) is 0 Å². The van der Waals surface area contributed by atoms with Crippen LogP contribution in [0.4, 0.5) is 0 Å². The Labute approximate surface area is 179 Å². The van der Waals surface area contributed by atoms with Gasteiger partial charge in [-0.1, -0.05) is 12.7 Å². The van der Waals surface area contributed by atoms with Gasteiger partial charge in [0.1, 0.15) is 24.7 Å². The summed E-state index contributed by atoms with van der Waals surface area (Å²) in [5, 5.41) is 0. The molecule has 0 radical (unpaired) electrons. The molecule has 1 aromatic rings. The van der Waals surface area contributed by atoms with Crippen molar-refractivity contribution >= 4 is 6.08 Å². The summed E-state index contributed by atoms with van der Waals surface area (Å²) in [6.45, 7) is 10.2. The maximum atomic E-state index is 5.77. The highest BCUT2D eigenvalue weighted by Crippen LogP contribution is 2.25. The molecule has 8 nitrogen and oxygen atoms in total. The van der Waals surface area contributed by atoms with Crippen molar-refractivity contribution in [2.45, 2.75) is 0 Å². The Morgan fingerprint density at radius 2 is 1.10 bits per heavy atom. The van der Waals surface area contributed by atoms with Crippen LogP contribution in [0, 0.1) is 0 Å². The molecule has 0 N–H and O–H groups in total. The average molecular weight is 429 g/mol. The van der Waals surface area contributed by atoms with Gasteiger partial charge in [0.2, 0.25) is 0 Å². The number of ether oxygens (including phenoxy) is 8. The summed E-state index contributed by atoms with van der Waals surface area (Å²) in [6.07, 6.45) is 1.74. The maximum absolute atomic E-state index is 5.77. The minimum atomic E-state index is 0.444. The summed E-state index contributed by atoms with van der Waals surface area (Å²) in [6, 6.07) is 5.62. The zero-order chi connectivity index (χ0) is 21.7. The molecule has 0 fully saturated rings. The maximum Gasteiger partial charge on any atom is 0.126 e. The Kier molecular flexibility index (Phi) is 16.9. The molecule has 0 aliphatic rings. The lowest BCUT2D eigenvalue weighted by Crippen LogP contribution is -2.13. The number of hydrogen-bond acceptors (Lipinski definition) is 8. The fraction of sp³-hybridized carbons (Fsp3) is 0.636. The highest BCUT2D eigenvalue weighted by molar-refractivity contribution is 5.58. The first-order chi connectivity index (χ1) is 14.8. The first kappa shape index (κ1) is 26.4. The predicted octanol–water partition coefficient (Wildman–Crippen LogP) is 2.45. The SMILES string of the molecule is C=Cc1cc(OCCOCCOCCOC)ccc1OCCOCCOCCOC. The molecule has 1 aromatic carbocycles. The Morgan fingerprint density at radius 1 is 0.633 bits per heavy atom. The monoisotopic (exact) mass is 428 g/mol. The van der Waals surface area contributed by atoms with E-state index in [4.69, 9.17) is 37.9 Å². The smallest absolute Gasteiger partial charge is 0.126 e. The largest absolute Gasteiger partial charge is 0.491 e. The van der Waals surface area contributed by atoms with Crippen LogP contribution in [0.1, 0.15) is 5.56 Å². The topological polar surface area (TPSA) is 73.8 Å². The summed E-state index contributed by atoms with van der Waals surface area (Å²) < 4.78 is 42.9. The van der Waals surface area contributed by atoms with Gasteiger partial charge in [0.25, 0.3) is 0 Å². The van der Waals surface area contributed by atoms with E-state index < -0.39 is 0 Å². The fourth-order valence-corrected chi connectivity index (χ4v) is 2.26. The van der Waals surface area contributed by atoms with Gasteiger partial charge in [-0.05, 0) is 18.2 Å². The minimum absolute atomic E-state index is 0.444. The molecule has 0 atom stereocenters. The Hall–Kier alpha value is -1.68. The Balaban J connectivity index is 2.14. The van der Waals surface area contributed by atoms with Gasteiger partial charge in [-0.25, -0.2) is 0 Å². The number of rotatable bonds is 21. The molecule has 0 saturated carbocycles. The van der Waals surface area contributed by atoms with E-state index in [1.165, 1.54) is 0 Å². The molecule has 0 aliphatic heterocycles. The summed E-state index contributed by atoms with van der Waals surface area (Å²) in [5.74, 6) is 1.48. The van der Waals surface area contributed by atoms with Crippen molar-refractivity contribution < 1.29 is 37.9 Å². The van der Waals surface area contributed by atoms with E-state index in [2.05, 4.69) is 6.58 Å². The van der Waals surface area contributed by atoms with E-state index in [0.29, 0.717) is 79.3 Å². The van der Waals surface area contributed by atoms with Gasteiger partial charge < -0.3 is 37.9 Å². The van der Waals surface area contributed by atoms with Crippen LogP contribution in [-0.4, -0.2) is 93.5 Å². The molecule has 0 heterocycles. The Bertz CT molecular complexity index is 538. The van der Waals surface area contributed by atoms with E-state index >= 15 is 0 Å². The van der Waals surface area contributed by atoms with Gasteiger partial charge >= 0.3 is 0 Å². The van der Waals surface area contributed by atoms with Crippen molar-refractivity contribution in [3.05, 3.63) is 30.3 Å². The molecule has 0 bridgehead atoms. The van der Waals surface area contributed by atoms with Crippen molar-refractivity contribution in [1.82, 2.24) is 0 Å². The zero-order valence-electron chi connectivity index (χ0n) is 18.3. The predicted molar refractivity (Wildman–Crippen MR) is 115 cm³/mol. The van der Waals surface area contributed by atoms with Crippen molar-refractivity contribution in [3.63, 3.8) is 0 Å². The van der Waals surface area contributed by atoms with Crippen molar-refractivity contribution in [3.8, 4) is 11.5 Å². The van der Waals surface area contributed by atoms with Crippen molar-refractivity contribution in [1.29, 1.82) is 0 Å². The van der Waals surface area contributed by atoms with Crippen LogP contribution >= 0.6 is 0 Å². The summed E-state index contributed by atoms with van der Waals surface area (Å²) in [5.41, 5.74) is 0.864. The molecule has 0 amide bonds. The quantitative estimate of drug-likeness (QED) is 0.277. The molecule has 0 aliphatic carbocycles. The lowest BCUT2D eigenvalue weighted by molar-refractivity contribution is 0.0177. The van der Waals surface area contributed by atoms with Crippen molar-refractivity contribution in [2.24, 2.45) is 0 Å². The molecule has 0 unspecified atom stereocenters. The van der Waals surface area contributed by atoms with Crippen LogP contribution < -0.4 is 9.47 Å². The first-order valence-corrected chi connectivity index (χ1v) is 10.1. The third-order valence-corrected chi connectivity index (χ3v) is 3.79. The molecule has 30 heavy (non-hydrogen) atoms. The van der Waals surface area contributed by atoms with Crippen molar-refractivity contribution in [2.75, 3.05) is 93.5 Å². The number of hydrogen-bond donors (Lipinski definition) is 0. The van der Waals surface area contributed by atoms with Gasteiger partial charge in [0.05, 0.1) is 66.1 Å². The van der Waals surface area contributed by atoms with Crippen LogP contribution in [-0.2, 0) is 28.4 Å². The normalized spacial score (nSPS) is 10.9. The van der Waals surface area contributed by atoms with E-state index in [9.17, 15) is 0 Å². The zero-order valence-corrected chi connectivity index (χ0v) is 18.3. The van der Waals surface area contributed by atoms with Gasteiger partial charge in [-0.3, -0.25) is 0 Å². The standard InChI is InChI=1S/C22H36O8/c1-4-20-19-21(29-17-15-27-13-11-25-9-7-23-2)5-6-22(20)30-18-16-28-14-12-26-10-8-24-3/h4-6,19H,1,7-18H2,2-3H3. The van der Waals surface area contributed by atoms with Gasteiger partial charge in [0.15, 0.2) is 0 Å². The average Bonchev–Trinajstić information content (AvgIpc) is 2.77. The first-order valence-electron chi connectivity index (χ1n) is 10.1. The summed E-state index contributed by atoms with van der Waals surface area (Å²) in [4.78, 5) is 0. The summed E-state index contributed by atoms with van der Waals surface area (Å²) >= 11 is 0. The lowest BCUT2D eigenvalue weighted by atomic mass is 10.2. The third kappa shape index (κ3) is 13.5. The second-order valence-corrected chi connectivity index (χ2v) is 6.04. The fourth-order valence-electron chi connectivity index (χ4n) is 2.26. The second kappa shape index (κ2) is 19.3. The van der Waals surface area contributed by atoms with Crippen LogP contribution in [0.3, 0.4) is 0 Å². The van der Waals surface area contributed by atoms with Crippen LogP contribution in [0.5, 0.6) is 11.5 Å². The highest BCUT2D eigenvalue weighted by Gasteiger charge is 2.04. The van der Waals surface area contributed by atoms with E-state index in [0.717, 1.165) is 17.1 Å². The molecule has 0 spiro atoms.